The van der Waals surface area contributed by atoms with Crippen LogP contribution in [0.4, 0.5) is 28.4 Å². The molecule has 1 N–H and O–H groups in total. The number of hydrogen-bond acceptors (Lipinski definition) is 8. The van der Waals surface area contributed by atoms with Crippen LogP contribution in [0.2, 0.25) is 0 Å². The Morgan fingerprint density at radius 1 is 0.947 bits per heavy atom. The van der Waals surface area contributed by atoms with Crippen molar-refractivity contribution in [3.63, 3.8) is 0 Å². The number of nitrogens with one attached hydrogen (secondary N) is 1. The highest BCUT2D eigenvalue weighted by Gasteiger charge is 2.26. The number of ether oxygens (including phenoxy) is 1. The molecule has 10 heteroatoms. The first-order chi connectivity index (χ1) is 18.1. The number of likely N-dealkylation sites (N-methyl/N-ethyl adjacent to an activating group) is 1. The summed E-state index contributed by atoms with van der Waals surface area (Å²) in [7, 11) is 1.93. The van der Waals surface area contributed by atoms with Gasteiger partial charge in [0.05, 0.1) is 28.3 Å². The second-order valence-corrected chi connectivity index (χ2v) is 9.32. The summed E-state index contributed by atoms with van der Waals surface area (Å²) in [5.41, 5.74) is 2.56. The number of amides is 1. The van der Waals surface area contributed by atoms with E-state index in [1.54, 1.807) is 24.3 Å². The topological polar surface area (TPSA) is 126 Å². The van der Waals surface area contributed by atoms with Crippen molar-refractivity contribution in [1.82, 2.24) is 0 Å². The number of carbonyl (C=O) groups is 2. The predicted octanol–water partition coefficient (Wildman–Crippen LogP) is 6.68. The molecule has 0 bridgehead atoms. The summed E-state index contributed by atoms with van der Waals surface area (Å²) in [6.45, 7) is 6.60. The molecular formula is C28H31N5O5. The average Bonchev–Trinajstić information content (AvgIpc) is 2.92. The standard InChI is InChI=1S/C28H31N5O5/c1-5-28(2,3)27(35)38-19-18-32(4)24-16-12-23(13-17-24)31-30-22-10-8-21(9-11-22)29-26(34)20-6-14-25(15-7-20)33(36)37/h6-17H,5,18-19H2,1-4H3,(H,29,34)/b31-30+. The first-order valence-corrected chi connectivity index (χ1v) is 12.1. The lowest BCUT2D eigenvalue weighted by atomic mass is 9.91. The lowest BCUT2D eigenvalue weighted by Crippen LogP contribution is -2.30. The first-order valence-electron chi connectivity index (χ1n) is 12.1. The van der Waals surface area contributed by atoms with Crippen molar-refractivity contribution < 1.29 is 19.2 Å². The largest absolute Gasteiger partial charge is 0.463 e. The van der Waals surface area contributed by atoms with Crippen LogP contribution in [-0.2, 0) is 9.53 Å². The van der Waals surface area contributed by atoms with E-state index in [0.29, 0.717) is 35.8 Å². The lowest BCUT2D eigenvalue weighted by molar-refractivity contribution is -0.384. The zero-order valence-electron chi connectivity index (χ0n) is 21.9. The normalized spacial score (nSPS) is 11.3. The number of non-ortho nitro benzene ring substituents is 1. The predicted molar refractivity (Wildman–Crippen MR) is 146 cm³/mol. The van der Waals surface area contributed by atoms with Gasteiger partial charge in [0, 0.05) is 36.1 Å². The Morgan fingerprint density at radius 3 is 2.03 bits per heavy atom. The van der Waals surface area contributed by atoms with Gasteiger partial charge in [0.15, 0.2) is 0 Å². The maximum atomic E-state index is 12.4. The van der Waals surface area contributed by atoms with Crippen LogP contribution in [0.1, 0.15) is 37.6 Å². The Balaban J connectivity index is 1.50. The zero-order valence-corrected chi connectivity index (χ0v) is 21.9. The molecule has 198 valence electrons. The van der Waals surface area contributed by atoms with E-state index in [4.69, 9.17) is 4.74 Å². The molecule has 3 aromatic carbocycles. The van der Waals surface area contributed by atoms with Crippen molar-refractivity contribution in [3.05, 3.63) is 88.5 Å². The average molecular weight is 518 g/mol. The summed E-state index contributed by atoms with van der Waals surface area (Å²) in [5.74, 6) is -0.564. The maximum absolute atomic E-state index is 12.4. The number of esters is 1. The van der Waals surface area contributed by atoms with E-state index in [1.807, 2.05) is 57.0 Å². The SMILES string of the molecule is CCC(C)(C)C(=O)OCCN(C)c1ccc(/N=N/c2ccc(NC(=O)c3ccc([N+](=O)[O-])cc3)cc2)cc1. The second kappa shape index (κ2) is 12.6. The summed E-state index contributed by atoms with van der Waals surface area (Å²) in [4.78, 5) is 36.7. The molecule has 0 aliphatic carbocycles. The van der Waals surface area contributed by atoms with Crippen molar-refractivity contribution in [2.45, 2.75) is 27.2 Å². The maximum Gasteiger partial charge on any atom is 0.311 e. The number of carbonyl (C=O) groups excluding carboxylic acids is 2. The molecular weight excluding hydrogens is 486 g/mol. The Hall–Kier alpha value is -4.60. The molecule has 0 saturated heterocycles. The summed E-state index contributed by atoms with van der Waals surface area (Å²) in [6, 6.07) is 19.8. The number of nitrogens with zero attached hydrogens (tertiary/aromatic N) is 4. The van der Waals surface area contributed by atoms with E-state index >= 15 is 0 Å². The van der Waals surface area contributed by atoms with Gasteiger partial charge in [0.2, 0.25) is 0 Å². The monoisotopic (exact) mass is 517 g/mol. The molecule has 3 rings (SSSR count). The highest BCUT2D eigenvalue weighted by Crippen LogP contribution is 2.24. The molecule has 3 aromatic rings. The van der Waals surface area contributed by atoms with Crippen LogP contribution < -0.4 is 10.2 Å². The summed E-state index contributed by atoms with van der Waals surface area (Å²) in [6.07, 6.45) is 0.725. The number of rotatable bonds is 11. The molecule has 0 aliphatic heterocycles. The van der Waals surface area contributed by atoms with Gasteiger partial charge in [-0.1, -0.05) is 6.92 Å². The summed E-state index contributed by atoms with van der Waals surface area (Å²) >= 11 is 0. The van der Waals surface area contributed by atoms with Gasteiger partial charge in [0.1, 0.15) is 6.61 Å². The minimum atomic E-state index is -0.516. The number of azo groups is 1. The molecule has 0 fully saturated rings. The van der Waals surface area contributed by atoms with Gasteiger partial charge >= 0.3 is 5.97 Å². The fraction of sp³-hybridized carbons (Fsp3) is 0.286. The minimum Gasteiger partial charge on any atom is -0.463 e. The molecule has 0 unspecified atom stereocenters. The van der Waals surface area contributed by atoms with Crippen molar-refractivity contribution in [2.24, 2.45) is 15.6 Å². The van der Waals surface area contributed by atoms with Crippen LogP contribution >= 0.6 is 0 Å². The van der Waals surface area contributed by atoms with Crippen LogP contribution in [0.3, 0.4) is 0 Å². The van der Waals surface area contributed by atoms with E-state index in [9.17, 15) is 19.7 Å². The summed E-state index contributed by atoms with van der Waals surface area (Å²) in [5, 5.41) is 22.0. The number of hydrogen-bond donors (Lipinski definition) is 1. The van der Waals surface area contributed by atoms with Crippen LogP contribution in [0.5, 0.6) is 0 Å². The number of nitro benzene ring substituents is 1. The lowest BCUT2D eigenvalue weighted by Gasteiger charge is -2.23. The van der Waals surface area contributed by atoms with E-state index in [0.717, 1.165) is 12.1 Å². The van der Waals surface area contributed by atoms with Gasteiger partial charge < -0.3 is 15.0 Å². The highest BCUT2D eigenvalue weighted by atomic mass is 16.6. The summed E-state index contributed by atoms with van der Waals surface area (Å²) < 4.78 is 5.41. The third kappa shape index (κ3) is 7.70. The quantitative estimate of drug-likeness (QED) is 0.131. The van der Waals surface area contributed by atoms with Crippen molar-refractivity contribution >= 4 is 40.3 Å². The van der Waals surface area contributed by atoms with Crippen molar-refractivity contribution in [3.8, 4) is 0 Å². The zero-order chi connectivity index (χ0) is 27.7. The number of nitro groups is 1. The van der Waals surface area contributed by atoms with E-state index in [1.165, 1.54) is 24.3 Å². The number of benzene rings is 3. The first kappa shape index (κ1) is 28.0. The van der Waals surface area contributed by atoms with Crippen molar-refractivity contribution in [1.29, 1.82) is 0 Å². The molecule has 10 nitrogen and oxygen atoms in total. The van der Waals surface area contributed by atoms with Crippen LogP contribution in [0.15, 0.2) is 83.0 Å². The fourth-order valence-corrected chi connectivity index (χ4v) is 3.18. The van der Waals surface area contributed by atoms with Crippen LogP contribution in [-0.4, -0.2) is 37.0 Å². The van der Waals surface area contributed by atoms with Gasteiger partial charge in [-0.15, -0.1) is 0 Å². The van der Waals surface area contributed by atoms with Gasteiger partial charge in [-0.3, -0.25) is 19.7 Å². The molecule has 0 aromatic heterocycles. The fourth-order valence-electron chi connectivity index (χ4n) is 3.18. The van der Waals surface area contributed by atoms with E-state index in [2.05, 4.69) is 15.5 Å². The Labute approximate surface area is 221 Å². The number of anilines is 2. The Kier molecular flexibility index (Phi) is 9.26. The Morgan fingerprint density at radius 2 is 1.50 bits per heavy atom. The third-order valence-electron chi connectivity index (χ3n) is 6.13. The van der Waals surface area contributed by atoms with Gasteiger partial charge in [0.25, 0.3) is 11.6 Å². The Bertz CT molecular complexity index is 1290. The van der Waals surface area contributed by atoms with Crippen LogP contribution in [0, 0.1) is 15.5 Å². The molecule has 0 atom stereocenters. The molecule has 1 amide bonds. The van der Waals surface area contributed by atoms with Gasteiger partial charge in [-0.05, 0) is 80.9 Å². The molecule has 0 heterocycles. The molecule has 38 heavy (non-hydrogen) atoms. The van der Waals surface area contributed by atoms with Crippen molar-refractivity contribution in [2.75, 3.05) is 30.4 Å². The third-order valence-corrected chi connectivity index (χ3v) is 6.13. The minimum absolute atomic E-state index is 0.0767. The molecule has 0 saturated carbocycles. The molecule has 0 aliphatic rings. The molecule has 0 spiro atoms. The van der Waals surface area contributed by atoms with Gasteiger partial charge in [-0.25, -0.2) is 0 Å². The van der Waals surface area contributed by atoms with E-state index in [-0.39, 0.29) is 17.6 Å². The van der Waals surface area contributed by atoms with E-state index < -0.39 is 10.3 Å². The highest BCUT2D eigenvalue weighted by molar-refractivity contribution is 6.04. The van der Waals surface area contributed by atoms with Crippen LogP contribution in [0.25, 0.3) is 0 Å². The molecule has 0 radical (unpaired) electrons. The second-order valence-electron chi connectivity index (χ2n) is 9.32. The smallest absolute Gasteiger partial charge is 0.311 e. The van der Waals surface area contributed by atoms with Gasteiger partial charge in [-0.2, -0.15) is 10.2 Å².